The fraction of sp³-hybridized carbons (Fsp3) is 0.324. The van der Waals surface area contributed by atoms with Gasteiger partial charge < -0.3 is 15.2 Å². The number of hydrogen-bond donors (Lipinski definition) is 2. The highest BCUT2D eigenvalue weighted by molar-refractivity contribution is 7.18. The Labute approximate surface area is 273 Å². The molecule has 13 heteroatoms. The van der Waals surface area contributed by atoms with E-state index in [0.29, 0.717) is 40.5 Å². The molecule has 0 bridgehead atoms. The first-order chi connectivity index (χ1) is 22.6. The number of nitriles is 1. The number of aryl methyl sites for hydroxylation is 3. The average Bonchev–Trinajstić information content (AvgIpc) is 3.63. The van der Waals surface area contributed by atoms with Gasteiger partial charge in [-0.1, -0.05) is 18.7 Å². The van der Waals surface area contributed by atoms with Gasteiger partial charge in [0.2, 0.25) is 5.91 Å². The molecule has 0 saturated carbocycles. The van der Waals surface area contributed by atoms with E-state index in [0.717, 1.165) is 65.8 Å². The largest absolute Gasteiger partial charge is 0.393 e. The maximum Gasteiger partial charge on any atom is 0.393 e. The summed E-state index contributed by atoms with van der Waals surface area (Å²) in [4.78, 5) is 27.5. The maximum atomic E-state index is 12.9. The first-order valence-corrected chi connectivity index (χ1v) is 16.1. The number of anilines is 2. The molecule has 1 aliphatic heterocycles. The molecule has 0 radical (unpaired) electrons. The fourth-order valence-corrected chi connectivity index (χ4v) is 7.09. The molecule has 1 fully saturated rings. The monoisotopic (exact) mass is 658 g/mol. The average molecular weight is 659 g/mol. The number of hydrogen-bond acceptors (Lipinski definition) is 8. The van der Waals surface area contributed by atoms with E-state index in [1.54, 1.807) is 18.3 Å². The van der Waals surface area contributed by atoms with Crippen molar-refractivity contribution in [3.63, 3.8) is 0 Å². The predicted octanol–water partition coefficient (Wildman–Crippen LogP) is 6.77. The molecule has 0 atom stereocenters. The van der Waals surface area contributed by atoms with Crippen LogP contribution >= 0.6 is 11.3 Å². The molecule has 5 heterocycles. The van der Waals surface area contributed by atoms with Crippen molar-refractivity contribution >= 4 is 50.0 Å². The van der Waals surface area contributed by atoms with Gasteiger partial charge in [-0.15, -0.1) is 11.3 Å². The van der Waals surface area contributed by atoms with E-state index in [1.807, 2.05) is 16.7 Å². The number of piperidine rings is 1. The van der Waals surface area contributed by atoms with Crippen LogP contribution in [0.1, 0.15) is 40.1 Å². The van der Waals surface area contributed by atoms with Gasteiger partial charge in [-0.25, -0.2) is 15.0 Å². The number of halogens is 3. The second kappa shape index (κ2) is 13.5. The molecule has 47 heavy (non-hydrogen) atoms. The van der Waals surface area contributed by atoms with Crippen molar-refractivity contribution < 1.29 is 18.0 Å². The quantitative estimate of drug-likeness (QED) is 0.159. The predicted molar refractivity (Wildman–Crippen MR) is 177 cm³/mol. The second-order valence-electron chi connectivity index (χ2n) is 11.7. The topological polar surface area (TPSA) is 112 Å². The Bertz CT molecular complexity index is 1970. The molecule has 0 spiro atoms. The van der Waals surface area contributed by atoms with Crippen LogP contribution in [0.3, 0.4) is 0 Å². The summed E-state index contributed by atoms with van der Waals surface area (Å²) in [5.41, 5.74) is 4.96. The van der Waals surface area contributed by atoms with Gasteiger partial charge in [-0.05, 0) is 73.2 Å². The van der Waals surface area contributed by atoms with Gasteiger partial charge in [0.1, 0.15) is 34.6 Å². The lowest BCUT2D eigenvalue weighted by molar-refractivity contribution is -0.126. The molecule has 5 aromatic rings. The number of rotatable bonds is 10. The van der Waals surface area contributed by atoms with E-state index in [4.69, 9.17) is 0 Å². The van der Waals surface area contributed by atoms with Crippen molar-refractivity contribution in [2.75, 3.05) is 23.7 Å². The van der Waals surface area contributed by atoms with Gasteiger partial charge >= 0.3 is 6.18 Å². The van der Waals surface area contributed by atoms with Crippen molar-refractivity contribution in [2.45, 2.75) is 57.9 Å². The smallest absolute Gasteiger partial charge is 0.367 e. The molecular formula is C34H33F3N8OS. The zero-order valence-electron chi connectivity index (χ0n) is 25.8. The molecule has 2 N–H and O–H groups in total. The van der Waals surface area contributed by atoms with Gasteiger partial charge in [0.05, 0.1) is 11.8 Å². The zero-order chi connectivity index (χ0) is 33.1. The first kappa shape index (κ1) is 32.2. The van der Waals surface area contributed by atoms with E-state index < -0.39 is 12.6 Å². The van der Waals surface area contributed by atoms with Crippen LogP contribution < -0.4 is 10.6 Å². The van der Waals surface area contributed by atoms with E-state index in [9.17, 15) is 23.2 Å². The third-order valence-electron chi connectivity index (χ3n) is 8.54. The van der Waals surface area contributed by atoms with Crippen molar-refractivity contribution in [3.8, 4) is 6.07 Å². The van der Waals surface area contributed by atoms with E-state index >= 15 is 0 Å². The molecule has 1 amide bonds. The fourth-order valence-electron chi connectivity index (χ4n) is 6.07. The third-order valence-corrected chi connectivity index (χ3v) is 9.59. The van der Waals surface area contributed by atoms with Gasteiger partial charge in [0.25, 0.3) is 0 Å². The van der Waals surface area contributed by atoms with Crippen LogP contribution in [0.2, 0.25) is 0 Å². The van der Waals surface area contributed by atoms with Gasteiger partial charge in [0, 0.05) is 54.2 Å². The lowest BCUT2D eigenvalue weighted by Crippen LogP contribution is -2.39. The van der Waals surface area contributed by atoms with Crippen LogP contribution in [0.15, 0.2) is 61.6 Å². The van der Waals surface area contributed by atoms with Crippen LogP contribution in [0, 0.1) is 18.3 Å². The van der Waals surface area contributed by atoms with Gasteiger partial charge in [0.15, 0.2) is 0 Å². The van der Waals surface area contributed by atoms with E-state index in [1.165, 1.54) is 18.0 Å². The van der Waals surface area contributed by atoms with Crippen molar-refractivity contribution in [1.29, 1.82) is 5.26 Å². The minimum atomic E-state index is -4.26. The highest BCUT2D eigenvalue weighted by Crippen LogP contribution is 2.33. The minimum Gasteiger partial charge on any atom is -0.367 e. The van der Waals surface area contributed by atoms with E-state index in [2.05, 4.69) is 62.2 Å². The summed E-state index contributed by atoms with van der Waals surface area (Å²) < 4.78 is 40.8. The first-order valence-electron chi connectivity index (χ1n) is 15.3. The standard InChI is InChI=1S/C34H33F3N8OS/c1-3-31(46)43-30-7-4-22(18-39-30)8-13-45-25(17-38)14-27-21(2)23(5-6-29(27)45)19-44-11-9-24(10-12-44)42-32-28-15-26(16-34(35,36)37)47-33(28)41-20-40-32/h3-7,14-15,18,20,24H,1,8-13,16,19H2,2H3,(H,39,43,46)(H,40,41,42). The lowest BCUT2D eigenvalue weighted by atomic mass is 10.0. The summed E-state index contributed by atoms with van der Waals surface area (Å²) in [6, 6.07) is 13.9. The number of aromatic nitrogens is 4. The molecule has 9 nitrogen and oxygen atoms in total. The van der Waals surface area contributed by atoms with E-state index in [-0.39, 0.29) is 16.8 Å². The van der Waals surface area contributed by atoms with Gasteiger partial charge in [-0.2, -0.15) is 18.4 Å². The number of carbonyl (C=O) groups excluding carboxylic acids is 1. The summed E-state index contributed by atoms with van der Waals surface area (Å²) in [7, 11) is 0. The van der Waals surface area contributed by atoms with Gasteiger partial charge in [-0.3, -0.25) is 9.69 Å². The zero-order valence-corrected chi connectivity index (χ0v) is 26.6. The molecule has 0 unspecified atom stereocenters. The number of pyridine rings is 1. The number of nitrogens with zero attached hydrogens (tertiary/aromatic N) is 6. The minimum absolute atomic E-state index is 0.156. The number of alkyl halides is 3. The second-order valence-corrected chi connectivity index (χ2v) is 12.8. The summed E-state index contributed by atoms with van der Waals surface area (Å²) in [6.45, 7) is 8.67. The van der Waals surface area contributed by atoms with Crippen LogP contribution in [0.5, 0.6) is 0 Å². The SMILES string of the molecule is C=CC(=O)Nc1ccc(CCn2c(C#N)cc3c(C)c(CN4CCC(Nc5ncnc6sc(CC(F)(F)F)cc56)CC4)ccc32)cn1. The number of nitrogens with one attached hydrogen (secondary N) is 2. The molecule has 1 aromatic carbocycles. The molecule has 6 rings (SSSR count). The number of amides is 1. The highest BCUT2D eigenvalue weighted by Gasteiger charge is 2.29. The maximum absolute atomic E-state index is 12.9. The third kappa shape index (κ3) is 7.45. The number of likely N-dealkylation sites (tertiary alicyclic amines) is 1. The molecule has 1 saturated heterocycles. The van der Waals surface area contributed by atoms with Crippen LogP contribution in [-0.2, 0) is 30.7 Å². The van der Waals surface area contributed by atoms with Crippen LogP contribution in [0.25, 0.3) is 21.1 Å². The van der Waals surface area contributed by atoms with Crippen LogP contribution in [0.4, 0.5) is 24.8 Å². The highest BCUT2D eigenvalue weighted by atomic mass is 32.1. The Morgan fingerprint density at radius 1 is 1.15 bits per heavy atom. The Morgan fingerprint density at radius 3 is 2.66 bits per heavy atom. The summed E-state index contributed by atoms with van der Waals surface area (Å²) in [6.07, 6.45) is 1.51. The molecule has 4 aromatic heterocycles. The summed E-state index contributed by atoms with van der Waals surface area (Å²) >= 11 is 1.06. The van der Waals surface area contributed by atoms with Crippen molar-refractivity contribution in [2.24, 2.45) is 0 Å². The Balaban J connectivity index is 1.08. The molecule has 242 valence electrons. The Kier molecular flexibility index (Phi) is 9.24. The van der Waals surface area contributed by atoms with Crippen LogP contribution in [-0.4, -0.2) is 55.6 Å². The molecular weight excluding hydrogens is 625 g/mol. The van der Waals surface area contributed by atoms with Crippen molar-refractivity contribution in [1.82, 2.24) is 24.4 Å². The molecule has 1 aliphatic rings. The number of carbonyl (C=O) groups is 1. The lowest BCUT2D eigenvalue weighted by Gasteiger charge is -2.33. The Morgan fingerprint density at radius 2 is 1.96 bits per heavy atom. The number of thiophene rings is 1. The number of fused-ring (bicyclic) bond motifs is 2. The summed E-state index contributed by atoms with van der Waals surface area (Å²) in [5.74, 6) is 0.726. The summed E-state index contributed by atoms with van der Waals surface area (Å²) in [5, 5.41) is 17.7. The number of benzene rings is 1. The Hall–Kier alpha value is -4.80. The molecule has 0 aliphatic carbocycles. The normalized spacial score (nSPS) is 14.4. The van der Waals surface area contributed by atoms with Crippen molar-refractivity contribution in [3.05, 3.63) is 88.8 Å².